The number of hydrogen-bond acceptors (Lipinski definition) is 3. The minimum absolute atomic E-state index is 0.129. The lowest BCUT2D eigenvalue weighted by Crippen LogP contribution is -2.09. The number of aliphatic carboxylic acids is 1. The number of hydrogen-bond donors (Lipinski definition) is 2. The minimum atomic E-state index is -1.11. The maximum atomic E-state index is 14.2. The van der Waals surface area contributed by atoms with E-state index in [1.54, 1.807) is 13.8 Å². The predicted molar refractivity (Wildman–Crippen MR) is 110 cm³/mol. The van der Waals surface area contributed by atoms with Gasteiger partial charge in [0.15, 0.2) is 0 Å². The molecule has 6 heteroatoms. The molecule has 0 radical (unpaired) electrons. The third kappa shape index (κ3) is 5.72. The molecular weight excluding hydrogens is 374 g/mol. The van der Waals surface area contributed by atoms with Crippen molar-refractivity contribution >= 4 is 11.5 Å². The van der Waals surface area contributed by atoms with Crippen molar-refractivity contribution in [2.24, 2.45) is 5.73 Å². The van der Waals surface area contributed by atoms with Gasteiger partial charge >= 0.3 is 5.97 Å². The second-order valence-electron chi connectivity index (χ2n) is 6.46. The number of halogens is 2. The Kier molecular flexibility index (Phi) is 9.17. The van der Waals surface area contributed by atoms with Crippen molar-refractivity contribution in [2.45, 2.75) is 40.0 Å². The molecule has 0 amide bonds. The average molecular weight is 400 g/mol. The Bertz CT molecular complexity index is 960. The first-order valence-electron chi connectivity index (χ1n) is 9.31. The van der Waals surface area contributed by atoms with E-state index in [-0.39, 0.29) is 17.6 Å². The van der Waals surface area contributed by atoms with Crippen molar-refractivity contribution < 1.29 is 18.7 Å². The molecular formula is C23H26F2N2O2. The first-order valence-corrected chi connectivity index (χ1v) is 9.31. The Morgan fingerprint density at radius 1 is 1.10 bits per heavy atom. The monoisotopic (exact) mass is 400 g/mol. The summed E-state index contributed by atoms with van der Waals surface area (Å²) in [6, 6.07) is 8.38. The lowest BCUT2D eigenvalue weighted by molar-refractivity contribution is -0.132. The molecule has 0 spiro atoms. The number of carbonyl (C=O) groups is 1. The molecule has 0 heterocycles. The van der Waals surface area contributed by atoms with Crippen LogP contribution in [-0.4, -0.2) is 18.1 Å². The quantitative estimate of drug-likeness (QED) is 0.660. The molecule has 0 aliphatic rings. The Labute approximate surface area is 170 Å². The number of unbranched alkanes of at least 4 members (excludes halogenated alkanes) is 1. The molecule has 0 unspecified atom stereocenters. The van der Waals surface area contributed by atoms with Crippen LogP contribution in [0.3, 0.4) is 0 Å². The summed E-state index contributed by atoms with van der Waals surface area (Å²) in [6.07, 6.45) is 1.72. The van der Waals surface area contributed by atoms with E-state index >= 15 is 0 Å². The highest BCUT2D eigenvalue weighted by atomic mass is 19.1. The topological polar surface area (TPSA) is 87.1 Å². The highest BCUT2D eigenvalue weighted by molar-refractivity contribution is 6.02. The first kappa shape index (κ1) is 24.0. The third-order valence-corrected chi connectivity index (χ3v) is 4.56. The minimum Gasteiger partial charge on any atom is -0.478 e. The lowest BCUT2D eigenvalue weighted by atomic mass is 9.85. The van der Waals surface area contributed by atoms with Gasteiger partial charge < -0.3 is 10.8 Å². The molecule has 2 aromatic carbocycles. The SMILES string of the molecule is CCCC/C(C(=O)O)=C(\c1ccc(F)cc1C)c1cc(F)cc(C#N)c1C.CN. The summed E-state index contributed by atoms with van der Waals surface area (Å²) in [6.45, 7) is 5.28. The normalized spacial score (nSPS) is 11.1. The zero-order valence-corrected chi connectivity index (χ0v) is 17.1. The second kappa shape index (κ2) is 11.1. The molecule has 0 atom stereocenters. The smallest absolute Gasteiger partial charge is 0.332 e. The van der Waals surface area contributed by atoms with E-state index in [0.29, 0.717) is 34.2 Å². The molecule has 4 nitrogen and oxygen atoms in total. The van der Waals surface area contributed by atoms with Crippen LogP contribution in [0.15, 0.2) is 35.9 Å². The molecule has 0 saturated carbocycles. The van der Waals surface area contributed by atoms with Crippen LogP contribution in [-0.2, 0) is 4.79 Å². The van der Waals surface area contributed by atoms with Crippen LogP contribution in [0, 0.1) is 36.8 Å². The Balaban J connectivity index is 0.00000204. The fourth-order valence-corrected chi connectivity index (χ4v) is 3.13. The van der Waals surface area contributed by atoms with Crippen molar-refractivity contribution in [3.8, 4) is 6.07 Å². The summed E-state index contributed by atoms with van der Waals surface area (Å²) >= 11 is 0. The molecule has 0 aliphatic carbocycles. The zero-order valence-electron chi connectivity index (χ0n) is 17.1. The van der Waals surface area contributed by atoms with Crippen LogP contribution in [0.5, 0.6) is 0 Å². The van der Waals surface area contributed by atoms with Crippen LogP contribution < -0.4 is 5.73 Å². The second-order valence-corrected chi connectivity index (χ2v) is 6.46. The van der Waals surface area contributed by atoms with E-state index in [9.17, 15) is 23.9 Å². The van der Waals surface area contributed by atoms with Gasteiger partial charge in [-0.15, -0.1) is 0 Å². The van der Waals surface area contributed by atoms with Crippen molar-refractivity contribution in [1.82, 2.24) is 0 Å². The largest absolute Gasteiger partial charge is 0.478 e. The number of nitrogens with zero attached hydrogens (tertiary/aromatic N) is 1. The predicted octanol–water partition coefficient (Wildman–Crippen LogP) is 5.10. The van der Waals surface area contributed by atoms with Crippen LogP contribution in [0.25, 0.3) is 5.57 Å². The highest BCUT2D eigenvalue weighted by Crippen LogP contribution is 2.35. The zero-order chi connectivity index (χ0) is 22.1. The van der Waals surface area contributed by atoms with E-state index in [4.69, 9.17) is 0 Å². The van der Waals surface area contributed by atoms with Crippen molar-refractivity contribution in [3.63, 3.8) is 0 Å². The molecule has 0 fully saturated rings. The Morgan fingerprint density at radius 3 is 2.28 bits per heavy atom. The van der Waals surface area contributed by atoms with E-state index < -0.39 is 17.6 Å². The van der Waals surface area contributed by atoms with Gasteiger partial charge in [0, 0.05) is 5.57 Å². The van der Waals surface area contributed by atoms with E-state index in [1.165, 1.54) is 31.3 Å². The summed E-state index contributed by atoms with van der Waals surface area (Å²) in [4.78, 5) is 12.0. The van der Waals surface area contributed by atoms with Crippen LogP contribution in [0.4, 0.5) is 8.78 Å². The van der Waals surface area contributed by atoms with Gasteiger partial charge in [-0.3, -0.25) is 0 Å². The number of aryl methyl sites for hydroxylation is 1. The number of carboxylic acids is 1. The van der Waals surface area contributed by atoms with Gasteiger partial charge in [-0.05, 0) is 85.8 Å². The van der Waals surface area contributed by atoms with E-state index in [2.05, 4.69) is 5.73 Å². The summed E-state index contributed by atoms with van der Waals surface area (Å²) < 4.78 is 27.8. The van der Waals surface area contributed by atoms with Crippen LogP contribution >= 0.6 is 0 Å². The van der Waals surface area contributed by atoms with Crippen LogP contribution in [0.1, 0.15) is 54.0 Å². The van der Waals surface area contributed by atoms with Gasteiger partial charge in [0.05, 0.1) is 11.6 Å². The maximum absolute atomic E-state index is 14.2. The molecule has 0 aromatic heterocycles. The molecule has 2 rings (SSSR count). The fourth-order valence-electron chi connectivity index (χ4n) is 3.13. The number of rotatable bonds is 6. The molecule has 0 aliphatic heterocycles. The molecule has 0 bridgehead atoms. The number of carboxylic acid groups (broad SMARTS) is 1. The van der Waals surface area contributed by atoms with Gasteiger partial charge in [0.2, 0.25) is 0 Å². The standard InChI is InChI=1S/C22H21F2NO2.CH5N/c1-4-5-6-19(22(26)27)21(18-8-7-16(23)9-13(18)2)20-11-17(24)10-15(12-25)14(20)3;1-2/h7-11H,4-6H2,1-3H3,(H,26,27);2H2,1H3/b21-19-;. The molecule has 154 valence electrons. The van der Waals surface area contributed by atoms with Gasteiger partial charge in [-0.25, -0.2) is 13.6 Å². The number of nitrogens with two attached hydrogens (primary N) is 1. The van der Waals surface area contributed by atoms with Gasteiger partial charge in [0.1, 0.15) is 11.6 Å². The number of nitriles is 1. The first-order chi connectivity index (χ1) is 13.8. The average Bonchev–Trinajstić information content (AvgIpc) is 2.69. The summed E-state index contributed by atoms with van der Waals surface area (Å²) in [7, 11) is 1.50. The van der Waals surface area contributed by atoms with E-state index in [0.717, 1.165) is 12.5 Å². The van der Waals surface area contributed by atoms with Gasteiger partial charge in [-0.2, -0.15) is 5.26 Å². The lowest BCUT2D eigenvalue weighted by Gasteiger charge is -2.18. The van der Waals surface area contributed by atoms with Crippen molar-refractivity contribution in [3.05, 3.63) is 75.4 Å². The molecule has 2 aromatic rings. The van der Waals surface area contributed by atoms with Crippen molar-refractivity contribution in [2.75, 3.05) is 7.05 Å². The fraction of sp³-hybridized carbons (Fsp3) is 0.304. The Morgan fingerprint density at radius 2 is 1.76 bits per heavy atom. The van der Waals surface area contributed by atoms with Crippen LogP contribution in [0.2, 0.25) is 0 Å². The van der Waals surface area contributed by atoms with Gasteiger partial charge in [-0.1, -0.05) is 19.4 Å². The highest BCUT2D eigenvalue weighted by Gasteiger charge is 2.22. The third-order valence-electron chi connectivity index (χ3n) is 4.56. The van der Waals surface area contributed by atoms with Gasteiger partial charge in [0.25, 0.3) is 0 Å². The molecule has 29 heavy (non-hydrogen) atoms. The van der Waals surface area contributed by atoms with E-state index in [1.807, 2.05) is 13.0 Å². The Hall–Kier alpha value is -3.04. The number of benzene rings is 2. The summed E-state index contributed by atoms with van der Waals surface area (Å²) in [5, 5.41) is 19.1. The molecule has 0 saturated heterocycles. The summed E-state index contributed by atoms with van der Waals surface area (Å²) in [5.74, 6) is -2.16. The summed E-state index contributed by atoms with van der Waals surface area (Å²) in [5.41, 5.74) is 7.00. The maximum Gasteiger partial charge on any atom is 0.332 e. The van der Waals surface area contributed by atoms with Crippen molar-refractivity contribution in [1.29, 1.82) is 5.26 Å². The molecule has 3 N–H and O–H groups in total.